The molecule has 1 aliphatic rings. The molecular formula is C11H19NO4S. The minimum atomic E-state index is -0.966. The highest BCUT2D eigenvalue weighted by atomic mass is 32.1. The predicted octanol–water partition coefficient (Wildman–Crippen LogP) is 0.643. The smallest absolute Gasteiger partial charge is 0.326 e. The normalized spacial score (nSPS) is 25.9. The number of nitrogens with zero attached hydrogens (tertiary/aromatic N) is 1. The molecular weight excluding hydrogens is 242 g/mol. The lowest BCUT2D eigenvalue weighted by Crippen LogP contribution is -2.43. The highest BCUT2D eigenvalue weighted by Gasteiger charge is 2.40. The summed E-state index contributed by atoms with van der Waals surface area (Å²) in [6, 6.07) is -0.763. The van der Waals surface area contributed by atoms with E-state index in [4.69, 9.17) is 9.84 Å². The number of carboxylic acid groups (broad SMARTS) is 1. The highest BCUT2D eigenvalue weighted by Crippen LogP contribution is 2.23. The summed E-state index contributed by atoms with van der Waals surface area (Å²) in [4.78, 5) is 24.5. The molecule has 0 spiro atoms. The van der Waals surface area contributed by atoms with Gasteiger partial charge in [-0.05, 0) is 6.92 Å². The fraction of sp³-hybridized carbons (Fsp3) is 0.818. The summed E-state index contributed by atoms with van der Waals surface area (Å²) in [5.41, 5.74) is 0. The van der Waals surface area contributed by atoms with Crippen LogP contribution in [-0.4, -0.2) is 52.9 Å². The van der Waals surface area contributed by atoms with Gasteiger partial charge in [0, 0.05) is 31.2 Å². The Hall–Kier alpha value is -0.750. The number of hydrogen-bond acceptors (Lipinski definition) is 4. The molecule has 1 heterocycles. The van der Waals surface area contributed by atoms with E-state index in [0.717, 1.165) is 0 Å². The number of carbonyl (C=O) groups excluding carboxylic acids is 1. The first-order valence-corrected chi connectivity index (χ1v) is 6.40. The summed E-state index contributed by atoms with van der Waals surface area (Å²) < 4.78 is 5.40. The van der Waals surface area contributed by atoms with E-state index >= 15 is 0 Å². The Kier molecular flexibility index (Phi) is 5.27. The van der Waals surface area contributed by atoms with Crippen LogP contribution in [0.2, 0.25) is 0 Å². The molecule has 0 aromatic carbocycles. The van der Waals surface area contributed by atoms with Gasteiger partial charge in [-0.2, -0.15) is 12.6 Å². The number of likely N-dealkylation sites (tertiary alicyclic amines) is 1. The van der Waals surface area contributed by atoms with Gasteiger partial charge < -0.3 is 14.7 Å². The molecule has 0 aromatic heterocycles. The first-order chi connectivity index (χ1) is 8.01. The Balaban J connectivity index is 2.74. The van der Waals surface area contributed by atoms with Crippen LogP contribution in [0, 0.1) is 5.92 Å². The average molecular weight is 261 g/mol. The van der Waals surface area contributed by atoms with Crippen LogP contribution in [0.1, 0.15) is 20.3 Å². The lowest BCUT2D eigenvalue weighted by molar-refractivity contribution is -0.149. The third-order valence-electron chi connectivity index (χ3n) is 2.93. The zero-order valence-electron chi connectivity index (χ0n) is 10.1. The first kappa shape index (κ1) is 14.3. The van der Waals surface area contributed by atoms with E-state index in [1.807, 2.05) is 6.92 Å². The Labute approximate surface area is 107 Å². The van der Waals surface area contributed by atoms with Crippen molar-refractivity contribution < 1.29 is 19.4 Å². The molecule has 1 amide bonds. The summed E-state index contributed by atoms with van der Waals surface area (Å²) >= 11 is 4.07. The van der Waals surface area contributed by atoms with E-state index in [2.05, 4.69) is 12.6 Å². The van der Waals surface area contributed by atoms with E-state index < -0.39 is 12.0 Å². The van der Waals surface area contributed by atoms with Crippen molar-refractivity contribution in [2.45, 2.75) is 32.4 Å². The van der Waals surface area contributed by atoms with Gasteiger partial charge in [0.1, 0.15) is 6.04 Å². The van der Waals surface area contributed by atoms with Gasteiger partial charge in [-0.25, -0.2) is 4.79 Å². The summed E-state index contributed by atoms with van der Waals surface area (Å²) in [6.45, 7) is 4.50. The number of carboxylic acids is 1. The molecule has 1 fully saturated rings. The van der Waals surface area contributed by atoms with Crippen LogP contribution in [0.3, 0.4) is 0 Å². The van der Waals surface area contributed by atoms with Gasteiger partial charge in [0.25, 0.3) is 0 Å². The van der Waals surface area contributed by atoms with Crippen molar-refractivity contribution in [3.05, 3.63) is 0 Å². The molecule has 0 radical (unpaired) electrons. The van der Waals surface area contributed by atoms with Gasteiger partial charge in [-0.15, -0.1) is 0 Å². The van der Waals surface area contributed by atoms with Gasteiger partial charge >= 0.3 is 5.97 Å². The van der Waals surface area contributed by atoms with E-state index in [9.17, 15) is 9.59 Å². The van der Waals surface area contributed by atoms with Crippen LogP contribution in [0.4, 0.5) is 0 Å². The molecule has 0 bridgehead atoms. The van der Waals surface area contributed by atoms with E-state index in [0.29, 0.717) is 25.3 Å². The number of thiol groups is 1. The van der Waals surface area contributed by atoms with Crippen molar-refractivity contribution in [2.24, 2.45) is 5.92 Å². The van der Waals surface area contributed by atoms with Crippen molar-refractivity contribution >= 4 is 24.5 Å². The molecule has 1 aliphatic heterocycles. The molecule has 98 valence electrons. The van der Waals surface area contributed by atoms with Crippen molar-refractivity contribution in [2.75, 3.05) is 18.9 Å². The summed E-state index contributed by atoms with van der Waals surface area (Å²) in [5.74, 6) is -0.969. The quantitative estimate of drug-likeness (QED) is 0.713. The van der Waals surface area contributed by atoms with Crippen molar-refractivity contribution in [1.82, 2.24) is 4.90 Å². The predicted molar refractivity (Wildman–Crippen MR) is 66.2 cm³/mol. The Morgan fingerprint density at radius 2 is 2.24 bits per heavy atom. The Morgan fingerprint density at radius 3 is 2.71 bits per heavy atom. The lowest BCUT2D eigenvalue weighted by Gasteiger charge is -2.24. The molecule has 0 aliphatic carbocycles. The van der Waals surface area contributed by atoms with Crippen LogP contribution in [0.5, 0.6) is 0 Å². The maximum atomic E-state index is 12.0. The van der Waals surface area contributed by atoms with Crippen molar-refractivity contribution in [1.29, 1.82) is 0 Å². The largest absolute Gasteiger partial charge is 0.480 e. The topological polar surface area (TPSA) is 66.8 Å². The minimum absolute atomic E-state index is 0.158. The average Bonchev–Trinajstić information content (AvgIpc) is 2.71. The number of amides is 1. The number of aliphatic carboxylic acids is 1. The third kappa shape index (κ3) is 3.35. The monoisotopic (exact) mass is 261 g/mol. The zero-order valence-corrected chi connectivity index (χ0v) is 11.0. The third-order valence-corrected chi connectivity index (χ3v) is 3.48. The number of rotatable bonds is 5. The van der Waals surface area contributed by atoms with E-state index in [1.165, 1.54) is 4.90 Å². The summed E-state index contributed by atoms with van der Waals surface area (Å²) in [6.07, 6.45) is 0.200. The first-order valence-electron chi connectivity index (χ1n) is 5.77. The van der Waals surface area contributed by atoms with Gasteiger partial charge in [0.05, 0.1) is 6.10 Å². The Bertz CT molecular complexity index is 297. The second-order valence-corrected chi connectivity index (χ2v) is 4.61. The van der Waals surface area contributed by atoms with Crippen LogP contribution < -0.4 is 0 Å². The second kappa shape index (κ2) is 6.26. The number of ether oxygens (including phenoxy) is 1. The minimum Gasteiger partial charge on any atom is -0.480 e. The maximum Gasteiger partial charge on any atom is 0.326 e. The Morgan fingerprint density at radius 1 is 1.59 bits per heavy atom. The van der Waals surface area contributed by atoms with Crippen LogP contribution in [0.15, 0.2) is 0 Å². The van der Waals surface area contributed by atoms with Crippen molar-refractivity contribution in [3.8, 4) is 0 Å². The van der Waals surface area contributed by atoms with Gasteiger partial charge in [0.2, 0.25) is 5.91 Å². The summed E-state index contributed by atoms with van der Waals surface area (Å²) in [5, 5.41) is 9.10. The lowest BCUT2D eigenvalue weighted by atomic mass is 10.1. The molecule has 1 N–H and O–H groups in total. The fourth-order valence-electron chi connectivity index (χ4n) is 1.99. The molecule has 3 atom stereocenters. The van der Waals surface area contributed by atoms with Gasteiger partial charge in [-0.3, -0.25) is 4.79 Å². The summed E-state index contributed by atoms with van der Waals surface area (Å²) in [7, 11) is 0. The molecule has 6 heteroatoms. The maximum absolute atomic E-state index is 12.0. The van der Waals surface area contributed by atoms with Gasteiger partial charge in [-0.1, -0.05) is 6.92 Å². The molecule has 0 aromatic rings. The van der Waals surface area contributed by atoms with Crippen LogP contribution in [-0.2, 0) is 14.3 Å². The molecule has 0 saturated carbocycles. The van der Waals surface area contributed by atoms with Crippen LogP contribution >= 0.6 is 12.6 Å². The van der Waals surface area contributed by atoms with Crippen LogP contribution in [0.25, 0.3) is 0 Å². The number of hydrogen-bond donors (Lipinski definition) is 2. The number of carbonyl (C=O) groups is 2. The van der Waals surface area contributed by atoms with Gasteiger partial charge in [0.15, 0.2) is 0 Å². The zero-order chi connectivity index (χ0) is 13.0. The second-order valence-electron chi connectivity index (χ2n) is 4.24. The standard InChI is InChI=1S/C11H19NO4S/c1-3-16-8-4-9(11(14)15)12(5-8)10(13)7(2)6-17/h7-9,17H,3-6H2,1-2H3,(H,14,15)/t7?,8-,9+/m1/s1. The van der Waals surface area contributed by atoms with E-state index in [-0.39, 0.29) is 17.9 Å². The molecule has 1 unspecified atom stereocenters. The molecule has 17 heavy (non-hydrogen) atoms. The fourth-order valence-corrected chi connectivity index (χ4v) is 2.15. The van der Waals surface area contributed by atoms with Crippen molar-refractivity contribution in [3.63, 3.8) is 0 Å². The molecule has 1 rings (SSSR count). The molecule has 1 saturated heterocycles. The molecule has 5 nitrogen and oxygen atoms in total. The van der Waals surface area contributed by atoms with E-state index in [1.54, 1.807) is 6.92 Å². The SMILES string of the molecule is CCO[C@@H]1C[C@@H](C(=O)O)N(C(=O)C(C)CS)C1. The highest BCUT2D eigenvalue weighted by molar-refractivity contribution is 7.80.